The first-order valence-electron chi connectivity index (χ1n) is 20.0. The molecule has 0 bridgehead atoms. The number of rotatable bonds is 8. The van der Waals surface area contributed by atoms with Gasteiger partial charge in [-0.25, -0.2) is 0 Å². The molecule has 0 aliphatic carbocycles. The molecule has 1 atom stereocenters. The van der Waals surface area contributed by atoms with Crippen molar-refractivity contribution in [1.82, 2.24) is 4.98 Å². The van der Waals surface area contributed by atoms with Gasteiger partial charge in [-0.15, -0.1) is 0 Å². The lowest BCUT2D eigenvalue weighted by Crippen LogP contribution is -2.75. The summed E-state index contributed by atoms with van der Waals surface area (Å²) in [6.07, 6.45) is -46.5. The van der Waals surface area contributed by atoms with E-state index < -0.39 is 206 Å². The molecule has 75 heavy (non-hydrogen) atoms. The number of carbonyl (C=O) groups excluding carboxylic acids is 1. The molecule has 0 spiro atoms. The second-order valence-corrected chi connectivity index (χ2v) is 17.4. The van der Waals surface area contributed by atoms with Gasteiger partial charge in [0.15, 0.2) is 12.4 Å². The minimum absolute atomic E-state index is 0.0583. The molecular formula is C45H25BF24N2O2S. The van der Waals surface area contributed by atoms with Crippen LogP contribution in [0.4, 0.5) is 105 Å². The van der Waals surface area contributed by atoms with Crippen molar-refractivity contribution in [2.24, 2.45) is 0 Å². The van der Waals surface area contributed by atoms with Crippen molar-refractivity contribution >= 4 is 44.6 Å². The van der Waals surface area contributed by atoms with Crippen molar-refractivity contribution in [3.63, 3.8) is 0 Å². The number of alkyl halides is 24. The third kappa shape index (κ3) is 13.8. The number of nitrogens with zero attached hydrogens (tertiary/aromatic N) is 2. The first-order valence-corrected chi connectivity index (χ1v) is 21.6. The lowest BCUT2D eigenvalue weighted by molar-refractivity contribution is -0.683. The summed E-state index contributed by atoms with van der Waals surface area (Å²) in [6, 6.07) is -1.81. The molecule has 1 heterocycles. The monoisotopic (exact) mass is 1120 g/mol. The molecule has 0 aliphatic rings. The summed E-state index contributed by atoms with van der Waals surface area (Å²) in [5, 5.41) is 0. The second-order valence-electron chi connectivity index (χ2n) is 16.0. The van der Waals surface area contributed by atoms with Gasteiger partial charge in [-0.1, -0.05) is 60.7 Å². The molecule has 1 aromatic heterocycles. The van der Waals surface area contributed by atoms with Crippen molar-refractivity contribution in [1.29, 1.82) is 0 Å². The molecule has 0 N–H and O–H groups in total. The van der Waals surface area contributed by atoms with Crippen LogP contribution in [0.25, 0.3) is 0 Å². The molecular weight excluding hydrogens is 1100 g/mol. The van der Waals surface area contributed by atoms with E-state index >= 15 is 0 Å². The van der Waals surface area contributed by atoms with E-state index in [4.69, 9.17) is 0 Å². The Morgan fingerprint density at radius 3 is 0.893 bits per heavy atom. The molecule has 1 unspecified atom stereocenters. The van der Waals surface area contributed by atoms with E-state index in [-0.39, 0.29) is 12.3 Å². The smallest absolute Gasteiger partial charge is 0.287 e. The summed E-state index contributed by atoms with van der Waals surface area (Å²) in [4.78, 5) is 16.6. The largest absolute Gasteiger partial charge is 0.416 e. The molecule has 30 heteroatoms. The highest BCUT2D eigenvalue weighted by Crippen LogP contribution is 2.41. The Hall–Kier alpha value is -6.62. The first kappa shape index (κ1) is 59.3. The zero-order valence-electron chi connectivity index (χ0n) is 36.5. The SMILES string of the molecule is CS(=O)c1ccccc1C(=O)C[n+]1ccncc1.FC(F)(F)c1cc([B-](c2cc(C(F)(F)F)cc(C(F)(F)F)c2)(c2cc(C(F)(F)F)cc(C(F)(F)F)c2)c2cc(C(F)(F)F)cc(C(F)(F)F)c2)cc(C(F)(F)F)c1. The zero-order valence-corrected chi connectivity index (χ0v) is 37.3. The van der Waals surface area contributed by atoms with Gasteiger partial charge in [0.25, 0.3) is 0 Å². The van der Waals surface area contributed by atoms with E-state index in [0.717, 1.165) is 0 Å². The van der Waals surface area contributed by atoms with Crippen LogP contribution in [0.3, 0.4) is 0 Å². The molecule has 0 radical (unpaired) electrons. The van der Waals surface area contributed by atoms with E-state index in [1.807, 2.05) is 0 Å². The maximum atomic E-state index is 14.2. The van der Waals surface area contributed by atoms with Gasteiger partial charge in [-0.2, -0.15) is 132 Å². The molecule has 6 aromatic rings. The molecule has 404 valence electrons. The molecule has 4 nitrogen and oxygen atoms in total. The number of halogens is 24. The molecule has 0 fully saturated rings. The Labute approximate surface area is 407 Å². The van der Waals surface area contributed by atoms with Crippen LogP contribution >= 0.6 is 0 Å². The molecule has 0 saturated carbocycles. The van der Waals surface area contributed by atoms with E-state index in [0.29, 0.717) is 10.5 Å². The van der Waals surface area contributed by atoms with Gasteiger partial charge in [0, 0.05) is 16.7 Å². The van der Waals surface area contributed by atoms with Gasteiger partial charge in [-0.3, -0.25) is 14.0 Å². The lowest BCUT2D eigenvalue weighted by atomic mass is 9.12. The zero-order chi connectivity index (χ0) is 56.9. The fourth-order valence-electron chi connectivity index (χ4n) is 7.72. The van der Waals surface area contributed by atoms with Gasteiger partial charge in [0.05, 0.1) is 67.7 Å². The number of aromatic nitrogens is 2. The van der Waals surface area contributed by atoms with Crippen LogP contribution in [0.1, 0.15) is 54.9 Å². The lowest BCUT2D eigenvalue weighted by Gasteiger charge is -2.46. The van der Waals surface area contributed by atoms with Crippen molar-refractivity contribution < 1.29 is 119 Å². The highest BCUT2D eigenvalue weighted by atomic mass is 32.2. The average Bonchev–Trinajstić information content (AvgIpc) is 3.27. The van der Waals surface area contributed by atoms with E-state index in [1.54, 1.807) is 59.9 Å². The quantitative estimate of drug-likeness (QED) is 0.0660. The minimum atomic E-state index is -6.13. The Kier molecular flexibility index (Phi) is 16.2. The van der Waals surface area contributed by atoms with Crippen molar-refractivity contribution in [2.45, 2.75) is 60.9 Å². The van der Waals surface area contributed by atoms with Crippen LogP contribution in [0.15, 0.2) is 127 Å². The summed E-state index contributed by atoms with van der Waals surface area (Å²) in [5.74, 6) is -0.0583. The van der Waals surface area contributed by atoms with Crippen LogP contribution in [0.5, 0.6) is 0 Å². The number of hydrogen-bond acceptors (Lipinski definition) is 3. The molecule has 0 saturated heterocycles. The van der Waals surface area contributed by atoms with Crippen LogP contribution in [-0.2, 0) is 66.8 Å². The van der Waals surface area contributed by atoms with Gasteiger partial charge in [-0.05, 0) is 36.4 Å². The Balaban J connectivity index is 0.000000483. The second kappa shape index (κ2) is 20.5. The molecule has 5 aromatic carbocycles. The highest BCUT2D eigenvalue weighted by Gasteiger charge is 2.47. The van der Waals surface area contributed by atoms with E-state index in [2.05, 4.69) is 4.98 Å². The Bertz CT molecular complexity index is 2640. The molecule has 0 amide bonds. The maximum Gasteiger partial charge on any atom is 0.416 e. The standard InChI is InChI=1S/C32H12BF24.C13H13N2O2S/c34-25(35,36)13-1-14(26(37,38)39)6-21(5-13)33(22-7-15(27(40,41)42)2-16(8-22)28(43,44)45,23-9-17(29(46,47)48)3-18(10-23)30(49,50)51)24-11-19(31(52,53)54)4-20(12-24)32(55,56)57;1-18(17)13-5-3-2-4-11(13)12(16)10-15-8-6-14-7-9-15/h1-12H;2-9H,10H2,1H3/q-1;+1. The fourth-order valence-corrected chi connectivity index (χ4v) is 8.48. The van der Waals surface area contributed by atoms with Crippen LogP contribution < -0.4 is 26.4 Å². The summed E-state index contributed by atoms with van der Waals surface area (Å²) in [5.41, 5.74) is -29.7. The minimum Gasteiger partial charge on any atom is -0.287 e. The predicted molar refractivity (Wildman–Crippen MR) is 218 cm³/mol. The first-order chi connectivity index (χ1) is 33.9. The number of carbonyl (C=O) groups is 1. The van der Waals surface area contributed by atoms with Crippen LogP contribution in [-0.4, -0.2) is 27.4 Å². The third-order valence-corrected chi connectivity index (χ3v) is 11.9. The number of benzene rings is 5. The normalized spacial score (nSPS) is 13.8. The topological polar surface area (TPSA) is 50.9 Å². The van der Waals surface area contributed by atoms with Gasteiger partial charge in [0.2, 0.25) is 12.3 Å². The third-order valence-electron chi connectivity index (χ3n) is 11.0. The van der Waals surface area contributed by atoms with E-state index in [1.165, 1.54) is 0 Å². The molecule has 0 aliphatic heterocycles. The number of hydrogen-bond donors (Lipinski definition) is 0. The fraction of sp³-hybridized carbons (Fsp3) is 0.222. The summed E-state index contributed by atoms with van der Waals surface area (Å²) >= 11 is 0. The van der Waals surface area contributed by atoms with Crippen LogP contribution in [0, 0.1) is 0 Å². The highest BCUT2D eigenvalue weighted by molar-refractivity contribution is 7.84. The van der Waals surface area contributed by atoms with Gasteiger partial charge < -0.3 is 0 Å². The Morgan fingerprint density at radius 1 is 0.427 bits per heavy atom. The molecule has 6 rings (SSSR count). The summed E-state index contributed by atoms with van der Waals surface area (Å²) < 4.78 is 354. The number of Topliss-reactive ketones (excluding diaryl/α,β-unsaturated/α-hetero) is 1. The van der Waals surface area contributed by atoms with Gasteiger partial charge in [0.1, 0.15) is 6.15 Å². The van der Waals surface area contributed by atoms with Crippen molar-refractivity contribution in [2.75, 3.05) is 6.26 Å². The maximum absolute atomic E-state index is 14.2. The van der Waals surface area contributed by atoms with Crippen LogP contribution in [0.2, 0.25) is 0 Å². The Morgan fingerprint density at radius 2 is 0.667 bits per heavy atom. The summed E-state index contributed by atoms with van der Waals surface area (Å²) in [7, 11) is -1.16. The average molecular weight is 1120 g/mol. The van der Waals surface area contributed by atoms with Gasteiger partial charge >= 0.3 is 49.4 Å². The van der Waals surface area contributed by atoms with E-state index in [9.17, 15) is 114 Å². The van der Waals surface area contributed by atoms with Crippen molar-refractivity contribution in [3.8, 4) is 0 Å². The van der Waals surface area contributed by atoms with Crippen molar-refractivity contribution in [3.05, 3.63) is 172 Å². The summed E-state index contributed by atoms with van der Waals surface area (Å²) in [6.45, 7) is 0.219. The number of ketones is 1. The predicted octanol–water partition coefficient (Wildman–Crippen LogP) is 12.2.